The van der Waals surface area contributed by atoms with Gasteiger partial charge in [-0.2, -0.15) is 17.5 Å². The number of piperazine rings is 1. The third-order valence-corrected chi connectivity index (χ3v) is 7.60. The average Bonchev–Trinajstić information content (AvgIpc) is 3.17. The van der Waals surface area contributed by atoms with Crippen molar-refractivity contribution in [1.82, 2.24) is 9.21 Å². The summed E-state index contributed by atoms with van der Waals surface area (Å²) in [5.41, 5.74) is -0.923. The molecule has 1 aromatic carbocycles. The molecule has 1 fully saturated rings. The number of carbonyl (C=O) groups is 2. The lowest BCUT2D eigenvalue weighted by Crippen LogP contribution is -2.50. The zero-order valence-electron chi connectivity index (χ0n) is 15.3. The second kappa shape index (κ2) is 7.88. The second-order valence-corrected chi connectivity index (χ2v) is 9.46. The Morgan fingerprint density at radius 2 is 1.48 bits per heavy atom. The van der Waals surface area contributed by atoms with E-state index in [0.29, 0.717) is 9.75 Å². The molecular formula is C18H17F3N2O4S2. The van der Waals surface area contributed by atoms with Crippen LogP contribution in [-0.2, 0) is 16.2 Å². The number of alkyl halides is 3. The maximum Gasteiger partial charge on any atom is 0.416 e. The lowest BCUT2D eigenvalue weighted by Gasteiger charge is -2.33. The SMILES string of the molecule is CC(=O)c1ccc(C(=O)N2CCN(S(=O)(=O)c3ccc(C(F)(F)F)cc3)CC2)s1. The van der Waals surface area contributed by atoms with Gasteiger partial charge in [0.1, 0.15) is 0 Å². The molecule has 0 aliphatic carbocycles. The molecule has 0 unspecified atom stereocenters. The fourth-order valence-electron chi connectivity index (χ4n) is 2.89. The van der Waals surface area contributed by atoms with Gasteiger partial charge in [0.05, 0.1) is 20.2 Å². The van der Waals surface area contributed by atoms with Crippen LogP contribution >= 0.6 is 11.3 Å². The molecule has 1 saturated heterocycles. The van der Waals surface area contributed by atoms with Crippen LogP contribution in [0.5, 0.6) is 0 Å². The number of ketones is 1. The van der Waals surface area contributed by atoms with E-state index in [0.717, 1.165) is 39.9 Å². The number of rotatable bonds is 4. The highest BCUT2D eigenvalue weighted by molar-refractivity contribution is 7.89. The van der Waals surface area contributed by atoms with Crippen molar-refractivity contribution in [2.24, 2.45) is 0 Å². The zero-order chi connectivity index (χ0) is 21.4. The number of nitrogens with zero attached hydrogens (tertiary/aromatic N) is 2. The maximum atomic E-state index is 12.7. The summed E-state index contributed by atoms with van der Waals surface area (Å²) < 4.78 is 64.5. The Bertz CT molecular complexity index is 1020. The van der Waals surface area contributed by atoms with Crippen molar-refractivity contribution in [3.8, 4) is 0 Å². The van der Waals surface area contributed by atoms with E-state index >= 15 is 0 Å². The predicted octanol–water partition coefficient (Wildman–Crippen LogP) is 3.12. The first kappa shape index (κ1) is 21.5. The number of hydrogen-bond donors (Lipinski definition) is 0. The molecule has 0 spiro atoms. The predicted molar refractivity (Wildman–Crippen MR) is 100 cm³/mol. The van der Waals surface area contributed by atoms with Crippen LogP contribution in [-0.4, -0.2) is 55.5 Å². The van der Waals surface area contributed by atoms with Crippen molar-refractivity contribution < 1.29 is 31.2 Å². The van der Waals surface area contributed by atoms with Gasteiger partial charge in [-0.1, -0.05) is 0 Å². The topological polar surface area (TPSA) is 74.8 Å². The summed E-state index contributed by atoms with van der Waals surface area (Å²) in [4.78, 5) is 26.0. The van der Waals surface area contributed by atoms with Gasteiger partial charge in [0.2, 0.25) is 10.0 Å². The van der Waals surface area contributed by atoms with Crippen LogP contribution in [0.15, 0.2) is 41.3 Å². The molecule has 1 aromatic heterocycles. The first-order valence-electron chi connectivity index (χ1n) is 8.57. The Morgan fingerprint density at radius 3 is 1.97 bits per heavy atom. The summed E-state index contributed by atoms with van der Waals surface area (Å²) in [6.45, 7) is 1.75. The second-order valence-electron chi connectivity index (χ2n) is 6.44. The molecule has 1 aliphatic heterocycles. The highest BCUT2D eigenvalue weighted by atomic mass is 32.2. The Labute approximate surface area is 169 Å². The Hall–Kier alpha value is -2.24. The monoisotopic (exact) mass is 446 g/mol. The summed E-state index contributed by atoms with van der Waals surface area (Å²) in [6.07, 6.45) is -4.54. The summed E-state index contributed by atoms with van der Waals surface area (Å²) in [5.74, 6) is -0.421. The minimum atomic E-state index is -4.54. The van der Waals surface area contributed by atoms with Crippen LogP contribution in [0.3, 0.4) is 0 Å². The van der Waals surface area contributed by atoms with E-state index in [9.17, 15) is 31.2 Å². The van der Waals surface area contributed by atoms with Crippen molar-refractivity contribution in [3.05, 3.63) is 51.7 Å². The Kier molecular flexibility index (Phi) is 5.84. The Balaban J connectivity index is 1.67. The number of thiophene rings is 1. The van der Waals surface area contributed by atoms with Gasteiger partial charge in [-0.3, -0.25) is 9.59 Å². The number of halogens is 3. The Morgan fingerprint density at radius 1 is 0.931 bits per heavy atom. The average molecular weight is 446 g/mol. The van der Waals surface area contributed by atoms with Gasteiger partial charge >= 0.3 is 6.18 Å². The van der Waals surface area contributed by atoms with E-state index in [-0.39, 0.29) is 42.8 Å². The van der Waals surface area contributed by atoms with Gasteiger partial charge in [0.25, 0.3) is 5.91 Å². The van der Waals surface area contributed by atoms with Gasteiger partial charge in [0.15, 0.2) is 5.78 Å². The third kappa shape index (κ3) is 4.51. The molecule has 11 heteroatoms. The van der Waals surface area contributed by atoms with E-state index in [4.69, 9.17) is 0 Å². The molecule has 1 aliphatic rings. The number of Topliss-reactive ketones (excluding diaryl/α,β-unsaturated/α-hetero) is 1. The minimum Gasteiger partial charge on any atom is -0.335 e. The summed E-state index contributed by atoms with van der Waals surface area (Å²) in [7, 11) is -3.96. The molecule has 29 heavy (non-hydrogen) atoms. The molecule has 6 nitrogen and oxygen atoms in total. The normalized spacial score (nSPS) is 16.1. The quantitative estimate of drug-likeness (QED) is 0.677. The summed E-state index contributed by atoms with van der Waals surface area (Å²) >= 11 is 1.08. The first-order chi connectivity index (χ1) is 13.5. The third-order valence-electron chi connectivity index (χ3n) is 4.51. The zero-order valence-corrected chi connectivity index (χ0v) is 16.9. The fraction of sp³-hybridized carbons (Fsp3) is 0.333. The molecule has 0 radical (unpaired) electrons. The minimum absolute atomic E-state index is 0.0278. The fourth-order valence-corrected chi connectivity index (χ4v) is 5.19. The van der Waals surface area contributed by atoms with Crippen LogP contribution in [0.2, 0.25) is 0 Å². The highest BCUT2D eigenvalue weighted by Crippen LogP contribution is 2.30. The highest BCUT2D eigenvalue weighted by Gasteiger charge is 2.33. The molecule has 2 heterocycles. The number of sulfonamides is 1. The van der Waals surface area contributed by atoms with Crippen molar-refractivity contribution >= 4 is 33.1 Å². The van der Waals surface area contributed by atoms with E-state index in [1.165, 1.54) is 11.8 Å². The number of carbonyl (C=O) groups excluding carboxylic acids is 2. The lowest BCUT2D eigenvalue weighted by molar-refractivity contribution is -0.137. The smallest absolute Gasteiger partial charge is 0.335 e. The standard InChI is InChI=1S/C18H17F3N2O4S2/c1-12(24)15-6-7-16(28-15)17(25)22-8-10-23(11-9-22)29(26,27)14-4-2-13(3-5-14)18(19,20)21/h2-7H,8-11H2,1H3. The van der Waals surface area contributed by atoms with Gasteiger partial charge in [-0.25, -0.2) is 8.42 Å². The van der Waals surface area contributed by atoms with E-state index < -0.39 is 21.8 Å². The van der Waals surface area contributed by atoms with E-state index in [1.54, 1.807) is 12.1 Å². The molecule has 2 aromatic rings. The molecule has 0 atom stereocenters. The molecule has 0 N–H and O–H groups in total. The number of hydrogen-bond acceptors (Lipinski definition) is 5. The van der Waals surface area contributed by atoms with Gasteiger partial charge < -0.3 is 4.90 Å². The van der Waals surface area contributed by atoms with Crippen LogP contribution in [0.1, 0.15) is 31.8 Å². The number of benzene rings is 1. The molecule has 156 valence electrons. The molecular weight excluding hydrogens is 429 g/mol. The van der Waals surface area contributed by atoms with Gasteiger partial charge in [-0.15, -0.1) is 11.3 Å². The largest absolute Gasteiger partial charge is 0.416 e. The maximum absolute atomic E-state index is 12.7. The van der Waals surface area contributed by atoms with Crippen molar-refractivity contribution in [2.75, 3.05) is 26.2 Å². The molecule has 0 saturated carbocycles. The van der Waals surface area contributed by atoms with Crippen molar-refractivity contribution in [1.29, 1.82) is 0 Å². The van der Waals surface area contributed by atoms with Crippen LogP contribution < -0.4 is 0 Å². The lowest BCUT2D eigenvalue weighted by atomic mass is 10.2. The van der Waals surface area contributed by atoms with E-state index in [2.05, 4.69) is 0 Å². The van der Waals surface area contributed by atoms with Crippen LogP contribution in [0, 0.1) is 0 Å². The van der Waals surface area contributed by atoms with Crippen LogP contribution in [0.25, 0.3) is 0 Å². The van der Waals surface area contributed by atoms with Crippen molar-refractivity contribution in [3.63, 3.8) is 0 Å². The first-order valence-corrected chi connectivity index (χ1v) is 10.8. The molecule has 3 rings (SSSR count). The molecule has 0 bridgehead atoms. The van der Waals surface area contributed by atoms with Crippen molar-refractivity contribution in [2.45, 2.75) is 18.0 Å². The van der Waals surface area contributed by atoms with Crippen LogP contribution in [0.4, 0.5) is 13.2 Å². The van der Waals surface area contributed by atoms with E-state index in [1.807, 2.05) is 0 Å². The van der Waals surface area contributed by atoms with Gasteiger partial charge in [-0.05, 0) is 43.3 Å². The summed E-state index contributed by atoms with van der Waals surface area (Å²) in [5, 5.41) is 0. The summed E-state index contributed by atoms with van der Waals surface area (Å²) in [6, 6.07) is 6.47. The molecule has 1 amide bonds. The van der Waals surface area contributed by atoms with Gasteiger partial charge in [0, 0.05) is 26.2 Å². The number of amides is 1.